The molecule has 26 heavy (non-hydrogen) atoms. The quantitative estimate of drug-likeness (QED) is 0.212. The Kier molecular flexibility index (Phi) is 14.6. The molecule has 0 heterocycles. The smallest absolute Gasteiger partial charge is 0.370 e. The predicted octanol–water partition coefficient (Wildman–Crippen LogP) is 6.98. The van der Waals surface area contributed by atoms with Gasteiger partial charge in [-0.3, -0.25) is 0 Å². The van der Waals surface area contributed by atoms with E-state index in [1.54, 1.807) is 0 Å². The van der Waals surface area contributed by atoms with Crippen LogP contribution in [-0.2, 0) is 13.3 Å². The first-order chi connectivity index (χ1) is 12.8. The number of hydrogen-bond acceptors (Lipinski definition) is 3. The van der Waals surface area contributed by atoms with Crippen LogP contribution in [0.3, 0.4) is 0 Å². The van der Waals surface area contributed by atoms with Crippen molar-refractivity contribution in [2.45, 2.75) is 111 Å². The average molecular weight is 385 g/mol. The fraction of sp³-hybridized carbons (Fsp3) is 0.909. The van der Waals surface area contributed by atoms with Gasteiger partial charge in [-0.25, -0.2) is 0 Å². The molecular weight excluding hydrogens is 340 g/mol. The number of rotatable bonds is 16. The summed E-state index contributed by atoms with van der Waals surface area (Å²) in [5.41, 5.74) is 0. The van der Waals surface area contributed by atoms with Gasteiger partial charge in [0, 0.05) is 19.8 Å². The Labute approximate surface area is 164 Å². The molecule has 4 heteroatoms. The molecule has 0 atom stereocenters. The third kappa shape index (κ3) is 9.68. The molecule has 0 aromatic heterocycles. The van der Waals surface area contributed by atoms with Crippen molar-refractivity contribution in [2.75, 3.05) is 19.8 Å². The topological polar surface area (TPSA) is 27.7 Å². The summed E-state index contributed by atoms with van der Waals surface area (Å²) in [6.07, 6.45) is 19.1. The Morgan fingerprint density at radius 1 is 0.692 bits per heavy atom. The fourth-order valence-corrected chi connectivity index (χ4v) is 6.29. The van der Waals surface area contributed by atoms with Crippen molar-refractivity contribution in [3.05, 3.63) is 11.3 Å². The molecule has 0 amide bonds. The van der Waals surface area contributed by atoms with Crippen LogP contribution in [0.15, 0.2) is 11.3 Å². The molecular formula is C22H44O3Si. The summed E-state index contributed by atoms with van der Waals surface area (Å²) in [5, 5.41) is 1.37. The summed E-state index contributed by atoms with van der Waals surface area (Å²) < 4.78 is 19.5. The second-order valence-corrected chi connectivity index (χ2v) is 10.2. The molecule has 0 aromatic carbocycles. The molecule has 1 rings (SSSR count). The highest BCUT2D eigenvalue weighted by Gasteiger charge is 2.45. The van der Waals surface area contributed by atoms with E-state index < -0.39 is 8.80 Å². The standard InChI is InChI=1S/C22H44O3Si/c1-4-7-14-19-23-26(24-20-15-8-5-2,25-21-16-9-6-3)22-17-12-10-11-13-18-22/h17H,4-16,18-21H2,1-3H3. The Morgan fingerprint density at radius 2 is 1.19 bits per heavy atom. The van der Waals surface area contributed by atoms with Gasteiger partial charge < -0.3 is 13.3 Å². The molecule has 0 bridgehead atoms. The molecule has 3 nitrogen and oxygen atoms in total. The van der Waals surface area contributed by atoms with Crippen LogP contribution in [-0.4, -0.2) is 28.6 Å². The van der Waals surface area contributed by atoms with Gasteiger partial charge in [0.2, 0.25) is 0 Å². The minimum absolute atomic E-state index is 0.777. The first kappa shape index (κ1) is 23.9. The molecule has 1 aliphatic carbocycles. The first-order valence-corrected chi connectivity index (χ1v) is 13.1. The van der Waals surface area contributed by atoms with Crippen LogP contribution < -0.4 is 0 Å². The SMILES string of the molecule is CCCCCO[Si](OCCCCC)(OCCCCC)C1=CCCCCC1. The normalized spacial score (nSPS) is 15.7. The maximum absolute atomic E-state index is 6.51. The predicted molar refractivity (Wildman–Crippen MR) is 113 cm³/mol. The Balaban J connectivity index is 2.81. The van der Waals surface area contributed by atoms with Crippen molar-refractivity contribution < 1.29 is 13.3 Å². The Morgan fingerprint density at radius 3 is 1.65 bits per heavy atom. The lowest BCUT2D eigenvalue weighted by Gasteiger charge is -2.32. The second-order valence-electron chi connectivity index (χ2n) is 7.55. The van der Waals surface area contributed by atoms with E-state index in [1.165, 1.54) is 63.0 Å². The summed E-state index contributed by atoms with van der Waals surface area (Å²) in [6.45, 7) is 9.04. The summed E-state index contributed by atoms with van der Waals surface area (Å²) >= 11 is 0. The molecule has 0 aliphatic heterocycles. The van der Waals surface area contributed by atoms with Crippen LogP contribution in [0.1, 0.15) is 111 Å². The van der Waals surface area contributed by atoms with Gasteiger partial charge in [-0.05, 0) is 50.1 Å². The van der Waals surface area contributed by atoms with E-state index in [0.29, 0.717) is 0 Å². The molecule has 154 valence electrons. The summed E-state index contributed by atoms with van der Waals surface area (Å²) in [6, 6.07) is 0. The zero-order chi connectivity index (χ0) is 18.9. The van der Waals surface area contributed by atoms with Crippen LogP contribution in [0.2, 0.25) is 0 Å². The molecule has 0 N–H and O–H groups in total. The van der Waals surface area contributed by atoms with Crippen LogP contribution >= 0.6 is 0 Å². The maximum Gasteiger partial charge on any atom is 0.532 e. The van der Waals surface area contributed by atoms with Crippen LogP contribution in [0.5, 0.6) is 0 Å². The van der Waals surface area contributed by atoms with Crippen molar-refractivity contribution in [2.24, 2.45) is 0 Å². The zero-order valence-corrected chi connectivity index (χ0v) is 18.8. The number of hydrogen-bond donors (Lipinski definition) is 0. The van der Waals surface area contributed by atoms with Crippen LogP contribution in [0.4, 0.5) is 0 Å². The summed E-state index contributed by atoms with van der Waals surface area (Å²) in [5.74, 6) is 0. The van der Waals surface area contributed by atoms with Gasteiger partial charge in [-0.2, -0.15) is 0 Å². The van der Waals surface area contributed by atoms with Crippen molar-refractivity contribution in [1.29, 1.82) is 0 Å². The monoisotopic (exact) mass is 384 g/mol. The van der Waals surface area contributed by atoms with Gasteiger partial charge in [0.25, 0.3) is 0 Å². The molecule has 1 aliphatic rings. The first-order valence-electron chi connectivity index (χ1n) is 11.4. The van der Waals surface area contributed by atoms with Crippen molar-refractivity contribution in [3.63, 3.8) is 0 Å². The van der Waals surface area contributed by atoms with Gasteiger partial charge in [-0.1, -0.05) is 71.8 Å². The average Bonchev–Trinajstić information content (AvgIpc) is 2.95. The lowest BCUT2D eigenvalue weighted by atomic mass is 10.2. The molecule has 0 radical (unpaired) electrons. The van der Waals surface area contributed by atoms with E-state index >= 15 is 0 Å². The third-order valence-electron chi connectivity index (χ3n) is 5.05. The van der Waals surface area contributed by atoms with Gasteiger partial charge in [0.15, 0.2) is 0 Å². The summed E-state index contributed by atoms with van der Waals surface area (Å²) in [4.78, 5) is 0. The van der Waals surface area contributed by atoms with Gasteiger partial charge >= 0.3 is 8.80 Å². The highest BCUT2D eigenvalue weighted by atomic mass is 28.4. The van der Waals surface area contributed by atoms with E-state index in [0.717, 1.165) is 51.9 Å². The number of unbranched alkanes of at least 4 members (excludes halogenated alkanes) is 6. The highest BCUT2D eigenvalue weighted by molar-refractivity contribution is 6.68. The summed E-state index contributed by atoms with van der Waals surface area (Å²) in [7, 11) is -2.72. The van der Waals surface area contributed by atoms with E-state index in [1.807, 2.05) is 0 Å². The minimum Gasteiger partial charge on any atom is -0.370 e. The lowest BCUT2D eigenvalue weighted by molar-refractivity contribution is 0.0633. The fourth-order valence-electron chi connectivity index (χ4n) is 3.37. The van der Waals surface area contributed by atoms with E-state index in [9.17, 15) is 0 Å². The van der Waals surface area contributed by atoms with E-state index in [2.05, 4.69) is 26.8 Å². The Bertz CT molecular complexity index is 326. The van der Waals surface area contributed by atoms with Gasteiger partial charge in [-0.15, -0.1) is 0 Å². The molecule has 0 spiro atoms. The van der Waals surface area contributed by atoms with Crippen molar-refractivity contribution in [3.8, 4) is 0 Å². The largest absolute Gasteiger partial charge is 0.532 e. The molecule has 0 saturated carbocycles. The lowest BCUT2D eigenvalue weighted by Crippen LogP contribution is -2.49. The maximum atomic E-state index is 6.51. The van der Waals surface area contributed by atoms with Gasteiger partial charge in [0.1, 0.15) is 0 Å². The van der Waals surface area contributed by atoms with E-state index in [4.69, 9.17) is 13.3 Å². The van der Waals surface area contributed by atoms with Crippen molar-refractivity contribution in [1.82, 2.24) is 0 Å². The Hall–Kier alpha value is -0.163. The highest BCUT2D eigenvalue weighted by Crippen LogP contribution is 2.29. The second kappa shape index (κ2) is 15.9. The van der Waals surface area contributed by atoms with E-state index in [-0.39, 0.29) is 0 Å². The number of allylic oxidation sites excluding steroid dienone is 2. The minimum atomic E-state index is -2.72. The molecule has 0 unspecified atom stereocenters. The van der Waals surface area contributed by atoms with Crippen LogP contribution in [0.25, 0.3) is 0 Å². The van der Waals surface area contributed by atoms with Crippen molar-refractivity contribution >= 4 is 8.80 Å². The molecule has 0 saturated heterocycles. The van der Waals surface area contributed by atoms with Gasteiger partial charge in [0.05, 0.1) is 0 Å². The molecule has 0 fully saturated rings. The zero-order valence-electron chi connectivity index (χ0n) is 17.8. The van der Waals surface area contributed by atoms with Crippen LogP contribution in [0, 0.1) is 0 Å². The molecule has 0 aromatic rings. The third-order valence-corrected chi connectivity index (χ3v) is 8.05.